The van der Waals surface area contributed by atoms with Gasteiger partial charge in [-0.3, -0.25) is 0 Å². The highest BCUT2D eigenvalue weighted by atomic mass is 19.4. The highest BCUT2D eigenvalue weighted by Crippen LogP contribution is 2.32. The Labute approximate surface area is 186 Å². The van der Waals surface area contributed by atoms with Crippen molar-refractivity contribution in [3.63, 3.8) is 0 Å². The van der Waals surface area contributed by atoms with Gasteiger partial charge in [-0.25, -0.2) is 9.97 Å². The van der Waals surface area contributed by atoms with Crippen LogP contribution in [0.2, 0.25) is 0 Å². The monoisotopic (exact) mass is 446 g/mol. The van der Waals surface area contributed by atoms with Gasteiger partial charge in [0.25, 0.3) is 0 Å². The molecule has 0 bridgehead atoms. The van der Waals surface area contributed by atoms with Crippen molar-refractivity contribution in [2.45, 2.75) is 39.8 Å². The third-order valence-corrected chi connectivity index (χ3v) is 5.30. The van der Waals surface area contributed by atoms with E-state index in [1.165, 1.54) is 6.42 Å². The van der Waals surface area contributed by atoms with E-state index in [1.54, 1.807) is 6.07 Å². The number of nitrogens with zero attached hydrogens (tertiary/aromatic N) is 3. The first-order chi connectivity index (χ1) is 15.3. The molecule has 0 amide bonds. The van der Waals surface area contributed by atoms with Crippen LogP contribution in [-0.2, 0) is 6.18 Å². The zero-order chi connectivity index (χ0) is 23.1. The highest BCUT2D eigenvalue weighted by molar-refractivity contribution is 5.89. The molecule has 3 rings (SSSR count). The van der Waals surface area contributed by atoms with Crippen LogP contribution in [-0.4, -0.2) is 41.1 Å². The molecule has 0 unspecified atom stereocenters. The Kier molecular flexibility index (Phi) is 7.90. The van der Waals surface area contributed by atoms with Crippen LogP contribution in [0.25, 0.3) is 10.9 Å². The fraction of sp³-hybridized carbons (Fsp3) is 0.417. The van der Waals surface area contributed by atoms with Gasteiger partial charge in [0.2, 0.25) is 0 Å². The summed E-state index contributed by atoms with van der Waals surface area (Å²) >= 11 is 0. The van der Waals surface area contributed by atoms with E-state index < -0.39 is 11.7 Å². The predicted octanol–water partition coefficient (Wildman–Crippen LogP) is 6.20. The Bertz CT molecular complexity index is 1040. The van der Waals surface area contributed by atoms with Crippen molar-refractivity contribution in [1.82, 2.24) is 14.9 Å². The SMILES string of the molecule is CCCCN(CC)CCOc1ccc(C)c2nc(Nc3cc(C(F)(F)F)ccn3)ccc12. The van der Waals surface area contributed by atoms with E-state index in [0.29, 0.717) is 12.4 Å². The van der Waals surface area contributed by atoms with Crippen molar-refractivity contribution < 1.29 is 17.9 Å². The predicted molar refractivity (Wildman–Crippen MR) is 122 cm³/mol. The van der Waals surface area contributed by atoms with Crippen LogP contribution < -0.4 is 10.1 Å². The van der Waals surface area contributed by atoms with Crippen LogP contribution in [0.5, 0.6) is 5.75 Å². The van der Waals surface area contributed by atoms with Gasteiger partial charge in [-0.2, -0.15) is 13.2 Å². The normalized spacial score (nSPS) is 11.8. The van der Waals surface area contributed by atoms with Crippen molar-refractivity contribution in [2.24, 2.45) is 0 Å². The standard InChI is InChI=1S/C24H29F3N4O/c1-4-6-13-31(5-2)14-15-32-20-9-7-17(3)23-19(20)8-10-21(30-23)29-22-16-18(11-12-28-22)24(25,26)27/h7-12,16H,4-6,13-15H2,1-3H3,(H,28,29,30). The Hall–Kier alpha value is -2.87. The van der Waals surface area contributed by atoms with Gasteiger partial charge in [0.1, 0.15) is 24.0 Å². The highest BCUT2D eigenvalue weighted by Gasteiger charge is 2.30. The molecule has 2 heterocycles. The van der Waals surface area contributed by atoms with Crippen LogP contribution in [0.15, 0.2) is 42.6 Å². The second-order valence-electron chi connectivity index (χ2n) is 7.66. The fourth-order valence-electron chi connectivity index (χ4n) is 3.42. The summed E-state index contributed by atoms with van der Waals surface area (Å²) in [6.45, 7) is 9.74. The summed E-state index contributed by atoms with van der Waals surface area (Å²) in [6, 6.07) is 9.37. The van der Waals surface area contributed by atoms with Gasteiger partial charge in [0.05, 0.1) is 11.1 Å². The Morgan fingerprint density at radius 3 is 2.56 bits per heavy atom. The number of fused-ring (bicyclic) bond motifs is 1. The van der Waals surface area contributed by atoms with Gasteiger partial charge >= 0.3 is 6.18 Å². The number of anilines is 2. The average Bonchev–Trinajstić information content (AvgIpc) is 2.77. The minimum Gasteiger partial charge on any atom is -0.492 e. The average molecular weight is 447 g/mol. The lowest BCUT2D eigenvalue weighted by Gasteiger charge is -2.20. The lowest BCUT2D eigenvalue weighted by atomic mass is 10.1. The van der Waals surface area contributed by atoms with Crippen molar-refractivity contribution in [1.29, 1.82) is 0 Å². The Balaban J connectivity index is 1.76. The summed E-state index contributed by atoms with van der Waals surface area (Å²) in [7, 11) is 0. The minimum atomic E-state index is -4.43. The third kappa shape index (κ3) is 6.09. The minimum absolute atomic E-state index is 0.0865. The molecule has 2 aromatic heterocycles. The van der Waals surface area contributed by atoms with Crippen molar-refractivity contribution >= 4 is 22.5 Å². The molecule has 1 N–H and O–H groups in total. The molecule has 0 radical (unpaired) electrons. The molecule has 1 aromatic carbocycles. The Morgan fingerprint density at radius 2 is 1.84 bits per heavy atom. The number of hydrogen-bond donors (Lipinski definition) is 1. The summed E-state index contributed by atoms with van der Waals surface area (Å²) in [5.41, 5.74) is 0.923. The number of rotatable bonds is 10. The molecule has 5 nitrogen and oxygen atoms in total. The Morgan fingerprint density at radius 1 is 1.03 bits per heavy atom. The summed E-state index contributed by atoms with van der Waals surface area (Å²) in [6.07, 6.45) is -0.966. The number of nitrogens with one attached hydrogen (secondary N) is 1. The van der Waals surface area contributed by atoms with Gasteiger partial charge in [0, 0.05) is 18.1 Å². The maximum absolute atomic E-state index is 13.0. The molecule has 0 atom stereocenters. The maximum Gasteiger partial charge on any atom is 0.416 e. The van der Waals surface area contributed by atoms with Crippen LogP contribution >= 0.6 is 0 Å². The van der Waals surface area contributed by atoms with E-state index in [9.17, 15) is 13.2 Å². The molecule has 0 fully saturated rings. The molecule has 0 saturated carbocycles. The molecule has 0 aliphatic carbocycles. The first kappa shape index (κ1) is 23.8. The topological polar surface area (TPSA) is 50.3 Å². The lowest BCUT2D eigenvalue weighted by molar-refractivity contribution is -0.137. The quantitative estimate of drug-likeness (QED) is 0.402. The van der Waals surface area contributed by atoms with Crippen LogP contribution in [0.3, 0.4) is 0 Å². The molecule has 172 valence electrons. The van der Waals surface area contributed by atoms with Gasteiger partial charge in [-0.05, 0) is 62.3 Å². The van der Waals surface area contributed by atoms with Crippen molar-refractivity contribution in [3.8, 4) is 5.75 Å². The second-order valence-corrected chi connectivity index (χ2v) is 7.66. The number of pyridine rings is 2. The maximum atomic E-state index is 13.0. The molecule has 0 saturated heterocycles. The van der Waals surface area contributed by atoms with E-state index in [0.717, 1.165) is 66.6 Å². The number of benzene rings is 1. The smallest absolute Gasteiger partial charge is 0.416 e. The van der Waals surface area contributed by atoms with Crippen LogP contribution in [0.1, 0.15) is 37.8 Å². The van der Waals surface area contributed by atoms with E-state index in [1.807, 2.05) is 25.1 Å². The number of likely N-dealkylation sites (N-methyl/N-ethyl adjacent to an activating group) is 1. The molecule has 3 aromatic rings. The van der Waals surface area contributed by atoms with Gasteiger partial charge in [-0.1, -0.05) is 26.3 Å². The number of aromatic nitrogens is 2. The van der Waals surface area contributed by atoms with Crippen LogP contribution in [0, 0.1) is 6.92 Å². The van der Waals surface area contributed by atoms with Gasteiger partial charge in [-0.15, -0.1) is 0 Å². The first-order valence-electron chi connectivity index (χ1n) is 10.9. The molecule has 0 aliphatic heterocycles. The molecule has 8 heteroatoms. The zero-order valence-corrected chi connectivity index (χ0v) is 18.7. The van der Waals surface area contributed by atoms with Gasteiger partial charge in [0.15, 0.2) is 0 Å². The van der Waals surface area contributed by atoms with Crippen molar-refractivity contribution in [2.75, 3.05) is 31.6 Å². The largest absolute Gasteiger partial charge is 0.492 e. The lowest BCUT2D eigenvalue weighted by Crippen LogP contribution is -2.29. The van der Waals surface area contributed by atoms with E-state index in [-0.39, 0.29) is 5.82 Å². The summed E-state index contributed by atoms with van der Waals surface area (Å²) in [5, 5.41) is 3.74. The third-order valence-electron chi connectivity index (χ3n) is 5.30. The number of halogens is 3. The van der Waals surface area contributed by atoms with E-state index in [2.05, 4.69) is 34.0 Å². The molecular formula is C24H29F3N4O. The second kappa shape index (κ2) is 10.6. The number of aryl methyl sites for hydroxylation is 1. The van der Waals surface area contributed by atoms with E-state index >= 15 is 0 Å². The van der Waals surface area contributed by atoms with Crippen LogP contribution in [0.4, 0.5) is 24.8 Å². The molecule has 0 spiro atoms. The molecule has 0 aliphatic rings. The number of unbranched alkanes of at least 4 members (excludes halogenated alkanes) is 1. The molecule has 32 heavy (non-hydrogen) atoms. The summed E-state index contributed by atoms with van der Waals surface area (Å²) in [5.74, 6) is 1.25. The van der Waals surface area contributed by atoms with Crippen molar-refractivity contribution in [3.05, 3.63) is 53.7 Å². The van der Waals surface area contributed by atoms with Gasteiger partial charge < -0.3 is 15.0 Å². The number of alkyl halides is 3. The zero-order valence-electron chi connectivity index (χ0n) is 18.7. The first-order valence-corrected chi connectivity index (χ1v) is 10.9. The summed E-state index contributed by atoms with van der Waals surface area (Å²) in [4.78, 5) is 10.9. The van der Waals surface area contributed by atoms with E-state index in [4.69, 9.17) is 4.74 Å². The number of ether oxygens (including phenoxy) is 1. The number of hydrogen-bond acceptors (Lipinski definition) is 5. The fourth-order valence-corrected chi connectivity index (χ4v) is 3.42. The summed E-state index contributed by atoms with van der Waals surface area (Å²) < 4.78 is 44.9. The molecular weight excluding hydrogens is 417 g/mol.